The molecule has 1 saturated carbocycles. The zero-order chi connectivity index (χ0) is 14.1. The predicted molar refractivity (Wildman–Crippen MR) is 74.9 cm³/mol. The molecule has 1 rings (SSSR count). The van der Waals surface area contributed by atoms with Gasteiger partial charge in [0, 0.05) is 12.3 Å². The van der Waals surface area contributed by atoms with Crippen molar-refractivity contribution < 1.29 is 9.59 Å². The molecule has 1 aliphatic carbocycles. The zero-order valence-corrected chi connectivity index (χ0v) is 11.7. The normalized spacial score (nSPS) is 17.9. The number of carbonyl (C=O) groups is 2. The summed E-state index contributed by atoms with van der Waals surface area (Å²) in [5, 5.41) is 2.57. The maximum absolute atomic E-state index is 11.6. The summed E-state index contributed by atoms with van der Waals surface area (Å²) in [6.45, 7) is 0.185. The van der Waals surface area contributed by atoms with E-state index in [0.29, 0.717) is 12.3 Å². The van der Waals surface area contributed by atoms with Gasteiger partial charge in [0.2, 0.25) is 11.8 Å². The van der Waals surface area contributed by atoms with Gasteiger partial charge in [0.15, 0.2) is 0 Å². The zero-order valence-electron chi connectivity index (χ0n) is 11.7. The summed E-state index contributed by atoms with van der Waals surface area (Å²) in [5.41, 5.74) is 10.7. The number of unbranched alkanes of at least 4 members (excludes halogenated alkanes) is 1. The van der Waals surface area contributed by atoms with Crippen LogP contribution in [0.5, 0.6) is 0 Å². The lowest BCUT2D eigenvalue weighted by Gasteiger charge is -2.28. The van der Waals surface area contributed by atoms with Crippen molar-refractivity contribution in [2.75, 3.05) is 6.67 Å². The summed E-state index contributed by atoms with van der Waals surface area (Å²) in [5.74, 6) is 0.274. The van der Waals surface area contributed by atoms with E-state index in [1.165, 1.54) is 19.3 Å². The van der Waals surface area contributed by atoms with Crippen molar-refractivity contribution in [2.45, 2.75) is 57.8 Å². The lowest BCUT2D eigenvalue weighted by atomic mass is 9.77. The topological polar surface area (TPSA) is 98.2 Å². The van der Waals surface area contributed by atoms with E-state index in [1.54, 1.807) is 0 Å². The first-order chi connectivity index (χ1) is 9.15. The molecule has 2 amide bonds. The molecule has 0 aliphatic heterocycles. The molecule has 5 heteroatoms. The van der Waals surface area contributed by atoms with Crippen molar-refractivity contribution in [3.63, 3.8) is 0 Å². The molecule has 1 fully saturated rings. The van der Waals surface area contributed by atoms with Crippen molar-refractivity contribution in [3.8, 4) is 0 Å². The average molecular weight is 269 g/mol. The molecule has 0 spiro atoms. The highest BCUT2D eigenvalue weighted by Crippen LogP contribution is 2.32. The van der Waals surface area contributed by atoms with Crippen LogP contribution in [0.25, 0.3) is 0 Å². The van der Waals surface area contributed by atoms with Gasteiger partial charge in [-0.05, 0) is 31.6 Å². The van der Waals surface area contributed by atoms with Crippen LogP contribution in [-0.2, 0) is 9.59 Å². The van der Waals surface area contributed by atoms with Crippen LogP contribution in [0, 0.1) is 11.8 Å². The number of nitrogens with one attached hydrogen (secondary N) is 1. The smallest absolute Gasteiger partial charge is 0.220 e. The van der Waals surface area contributed by atoms with Crippen LogP contribution in [0.3, 0.4) is 0 Å². The molecule has 0 radical (unpaired) electrons. The van der Waals surface area contributed by atoms with Crippen molar-refractivity contribution in [2.24, 2.45) is 23.3 Å². The highest BCUT2D eigenvalue weighted by Gasteiger charge is 2.27. The molecule has 1 unspecified atom stereocenters. The first-order valence-electron chi connectivity index (χ1n) is 7.41. The van der Waals surface area contributed by atoms with E-state index in [0.717, 1.165) is 32.1 Å². The third-order valence-electron chi connectivity index (χ3n) is 4.05. The molecule has 0 aromatic rings. The Hall–Kier alpha value is -1.10. The van der Waals surface area contributed by atoms with Gasteiger partial charge in [-0.25, -0.2) is 0 Å². The number of nitrogens with two attached hydrogens (primary N) is 2. The number of hydrogen-bond acceptors (Lipinski definition) is 3. The molecule has 1 atom stereocenters. The molecule has 1 aliphatic rings. The Morgan fingerprint density at radius 3 is 2.42 bits per heavy atom. The van der Waals surface area contributed by atoms with Crippen LogP contribution >= 0.6 is 0 Å². The Morgan fingerprint density at radius 2 is 1.84 bits per heavy atom. The molecule has 5 N–H and O–H groups in total. The van der Waals surface area contributed by atoms with E-state index >= 15 is 0 Å². The standard InChI is InChI=1S/C14H27N3O2/c15-10-17-13(18)9-5-4-8-12(14(16)19)11-6-2-1-3-7-11/h11-12H,1-10,15H2,(H2,16,19)(H,17,18). The minimum atomic E-state index is -0.168. The second kappa shape index (κ2) is 8.91. The number of hydrogen-bond donors (Lipinski definition) is 3. The average Bonchev–Trinajstić information content (AvgIpc) is 2.39. The second-order valence-corrected chi connectivity index (χ2v) is 5.46. The van der Waals surface area contributed by atoms with Gasteiger partial charge in [-0.2, -0.15) is 0 Å². The predicted octanol–water partition coefficient (Wildman–Crippen LogP) is 1.26. The van der Waals surface area contributed by atoms with E-state index in [4.69, 9.17) is 11.5 Å². The first-order valence-corrected chi connectivity index (χ1v) is 7.41. The first kappa shape index (κ1) is 16.0. The highest BCUT2D eigenvalue weighted by atomic mass is 16.2. The molecule has 0 heterocycles. The lowest BCUT2D eigenvalue weighted by molar-refractivity contribution is -0.124. The third-order valence-corrected chi connectivity index (χ3v) is 4.05. The number of rotatable bonds is 8. The summed E-state index contributed by atoms with van der Waals surface area (Å²) in [4.78, 5) is 22.8. The van der Waals surface area contributed by atoms with Crippen LogP contribution in [-0.4, -0.2) is 18.5 Å². The molecule has 19 heavy (non-hydrogen) atoms. The Labute approximate surface area is 115 Å². The van der Waals surface area contributed by atoms with Gasteiger partial charge < -0.3 is 16.8 Å². The van der Waals surface area contributed by atoms with E-state index in [9.17, 15) is 9.59 Å². The Morgan fingerprint density at radius 1 is 1.16 bits per heavy atom. The highest BCUT2D eigenvalue weighted by molar-refractivity contribution is 5.77. The fraction of sp³-hybridized carbons (Fsp3) is 0.857. The van der Waals surface area contributed by atoms with Crippen LogP contribution < -0.4 is 16.8 Å². The Bertz CT molecular complexity index is 288. The number of carbonyl (C=O) groups excluding carboxylic acids is 2. The van der Waals surface area contributed by atoms with Crippen molar-refractivity contribution in [1.82, 2.24) is 5.32 Å². The molecular weight excluding hydrogens is 242 g/mol. The summed E-state index contributed by atoms with van der Waals surface area (Å²) in [6.07, 6.45) is 8.93. The number of amides is 2. The minimum Gasteiger partial charge on any atom is -0.369 e. The lowest BCUT2D eigenvalue weighted by Crippen LogP contribution is -2.31. The molecule has 5 nitrogen and oxygen atoms in total. The molecular formula is C14H27N3O2. The van der Waals surface area contributed by atoms with E-state index in [2.05, 4.69) is 5.32 Å². The van der Waals surface area contributed by atoms with Crippen molar-refractivity contribution in [3.05, 3.63) is 0 Å². The summed E-state index contributed by atoms with van der Waals surface area (Å²) < 4.78 is 0. The van der Waals surface area contributed by atoms with Gasteiger partial charge >= 0.3 is 0 Å². The molecule has 0 aromatic heterocycles. The largest absolute Gasteiger partial charge is 0.369 e. The van der Waals surface area contributed by atoms with E-state index in [-0.39, 0.29) is 24.4 Å². The van der Waals surface area contributed by atoms with Gasteiger partial charge in [0.25, 0.3) is 0 Å². The van der Waals surface area contributed by atoms with Crippen molar-refractivity contribution >= 4 is 11.8 Å². The fourth-order valence-electron chi connectivity index (χ4n) is 3.00. The van der Waals surface area contributed by atoms with Gasteiger partial charge in [-0.1, -0.05) is 25.7 Å². The second-order valence-electron chi connectivity index (χ2n) is 5.46. The maximum atomic E-state index is 11.6. The minimum absolute atomic E-state index is 0.00197. The van der Waals surface area contributed by atoms with Gasteiger partial charge in [0.1, 0.15) is 0 Å². The van der Waals surface area contributed by atoms with Crippen LogP contribution in [0.15, 0.2) is 0 Å². The number of primary amides is 1. The van der Waals surface area contributed by atoms with E-state index < -0.39 is 0 Å². The van der Waals surface area contributed by atoms with E-state index in [1.807, 2.05) is 0 Å². The van der Waals surface area contributed by atoms with Crippen molar-refractivity contribution in [1.29, 1.82) is 0 Å². The monoisotopic (exact) mass is 269 g/mol. The Kier molecular flexibility index (Phi) is 7.48. The molecule has 110 valence electrons. The van der Waals surface area contributed by atoms with Gasteiger partial charge in [-0.3, -0.25) is 9.59 Å². The van der Waals surface area contributed by atoms with Gasteiger partial charge in [0.05, 0.1) is 6.67 Å². The summed E-state index contributed by atoms with van der Waals surface area (Å²) in [6, 6.07) is 0. The van der Waals surface area contributed by atoms with Crippen LogP contribution in [0.2, 0.25) is 0 Å². The Balaban J connectivity index is 2.26. The van der Waals surface area contributed by atoms with Gasteiger partial charge in [-0.15, -0.1) is 0 Å². The quantitative estimate of drug-likeness (QED) is 0.457. The fourth-order valence-corrected chi connectivity index (χ4v) is 3.00. The molecule has 0 bridgehead atoms. The summed E-state index contributed by atoms with van der Waals surface area (Å²) >= 11 is 0. The van der Waals surface area contributed by atoms with Crippen LogP contribution in [0.1, 0.15) is 57.8 Å². The molecule has 0 saturated heterocycles. The SMILES string of the molecule is NCNC(=O)CCCCC(C(N)=O)C1CCCCC1. The molecule has 0 aromatic carbocycles. The maximum Gasteiger partial charge on any atom is 0.220 e. The third kappa shape index (κ3) is 6.05. The van der Waals surface area contributed by atoms with Crippen LogP contribution in [0.4, 0.5) is 0 Å². The summed E-state index contributed by atoms with van der Waals surface area (Å²) in [7, 11) is 0.